The molecule has 6 heterocycles. The van der Waals surface area contributed by atoms with Crippen LogP contribution in [0.5, 0.6) is 0 Å². The Kier molecular flexibility index (Phi) is 10.1. The molecule has 3 aromatic carbocycles. The number of hydrogen-bond acceptors (Lipinski definition) is 7. The van der Waals surface area contributed by atoms with Crippen molar-refractivity contribution < 1.29 is 32.8 Å². The fraction of sp³-hybridized carbons (Fsp3) is 0.457. The van der Waals surface area contributed by atoms with Crippen LogP contribution in [-0.2, 0) is 33.9 Å². The molecule has 59 heavy (non-hydrogen) atoms. The third-order valence-electron chi connectivity index (χ3n) is 13.3. The van der Waals surface area contributed by atoms with Crippen molar-refractivity contribution in [2.45, 2.75) is 84.3 Å². The average Bonchev–Trinajstić information content (AvgIpc) is 3.99. The van der Waals surface area contributed by atoms with Crippen LogP contribution in [0.2, 0.25) is 0 Å². The van der Waals surface area contributed by atoms with E-state index >= 15 is 8.78 Å². The highest BCUT2D eigenvalue weighted by atomic mass is 19.1. The number of fused-ring (bicyclic) bond motifs is 3. The molecule has 0 radical (unpaired) electrons. The zero-order valence-corrected chi connectivity index (χ0v) is 33.8. The van der Waals surface area contributed by atoms with Crippen LogP contribution in [0.1, 0.15) is 107 Å². The number of carbonyl (C=O) groups excluding carboxylic acids is 5. The monoisotopic (exact) mass is 804 g/mol. The normalized spacial score (nSPS) is 21.9. The molecule has 0 bridgehead atoms. The number of halogens is 2. The molecule has 3 fully saturated rings. The van der Waals surface area contributed by atoms with E-state index in [9.17, 15) is 24.0 Å². The molecular formula is C46H50F2N6O5. The number of rotatable bonds is 9. The van der Waals surface area contributed by atoms with Crippen LogP contribution in [0.15, 0.2) is 48.5 Å². The molecule has 308 valence electrons. The van der Waals surface area contributed by atoms with Gasteiger partial charge in [0.1, 0.15) is 17.7 Å². The van der Waals surface area contributed by atoms with Crippen molar-refractivity contribution in [1.82, 2.24) is 25.0 Å². The summed E-state index contributed by atoms with van der Waals surface area (Å²) in [5.74, 6) is -3.04. The highest BCUT2D eigenvalue weighted by Crippen LogP contribution is 2.39. The van der Waals surface area contributed by atoms with Gasteiger partial charge in [0.05, 0.1) is 11.1 Å². The molecule has 0 saturated carbocycles. The molecule has 5 amide bonds. The summed E-state index contributed by atoms with van der Waals surface area (Å²) in [4.78, 5) is 75.2. The Balaban J connectivity index is 0.783. The van der Waals surface area contributed by atoms with E-state index in [0.29, 0.717) is 37.2 Å². The van der Waals surface area contributed by atoms with Crippen LogP contribution in [-0.4, -0.2) is 88.0 Å². The number of likely N-dealkylation sites (tertiary alicyclic amines) is 1. The number of aromatic nitrogens is 1. The highest BCUT2D eigenvalue weighted by molar-refractivity contribution is 6.23. The van der Waals surface area contributed by atoms with Gasteiger partial charge >= 0.3 is 0 Å². The van der Waals surface area contributed by atoms with Gasteiger partial charge in [0, 0.05) is 78.8 Å². The van der Waals surface area contributed by atoms with E-state index in [0.717, 1.165) is 90.0 Å². The van der Waals surface area contributed by atoms with Crippen LogP contribution >= 0.6 is 0 Å². The van der Waals surface area contributed by atoms with Crippen molar-refractivity contribution >= 4 is 46.1 Å². The lowest BCUT2D eigenvalue weighted by Crippen LogP contribution is -2.54. The average molecular weight is 805 g/mol. The zero-order chi connectivity index (χ0) is 41.3. The standard InChI is InChI=1S/C46H50F2N6O5/c1-25(2)16-33-32-6-4-5-7-38(32)49-42(33)26(3)41-36(47)19-31(20-37(41)48)52-15-10-27(22-52)21-51-13-11-28(12-14-51)44(57)53-23-29-17-34-35(18-30(29)24-53)46(59)54(45(34)58)39-8-9-40(55)50-43(39)56/h4-7,17-20,25-28,39,49H,8-16,21-24H2,1-3H3,(H,50,55,56). The number of aromatic amines is 1. The van der Waals surface area contributed by atoms with Gasteiger partial charge in [-0.2, -0.15) is 0 Å². The first kappa shape index (κ1) is 39.1. The lowest BCUT2D eigenvalue weighted by molar-refractivity contribution is -0.138. The van der Waals surface area contributed by atoms with Gasteiger partial charge in [-0.05, 0) is 104 Å². The van der Waals surface area contributed by atoms with Crippen molar-refractivity contribution in [2.24, 2.45) is 17.8 Å². The van der Waals surface area contributed by atoms with Gasteiger partial charge in [-0.3, -0.25) is 34.2 Å². The minimum Gasteiger partial charge on any atom is -0.371 e. The molecule has 0 aliphatic carbocycles. The predicted molar refractivity (Wildman–Crippen MR) is 218 cm³/mol. The molecule has 2 N–H and O–H groups in total. The maximum Gasteiger partial charge on any atom is 0.262 e. The lowest BCUT2D eigenvalue weighted by atomic mass is 9.90. The fourth-order valence-electron chi connectivity index (χ4n) is 10.3. The number of nitrogens with zero attached hydrogens (tertiary/aromatic N) is 4. The molecule has 11 nitrogen and oxygen atoms in total. The molecule has 0 spiro atoms. The number of carbonyl (C=O) groups is 5. The number of hydrogen-bond donors (Lipinski definition) is 2. The second kappa shape index (κ2) is 15.3. The molecule has 3 atom stereocenters. The van der Waals surface area contributed by atoms with E-state index in [2.05, 4.69) is 40.0 Å². The molecule has 1 aromatic heterocycles. The number of H-pyrrole nitrogens is 1. The topological polar surface area (TPSA) is 126 Å². The molecule has 4 aromatic rings. The van der Waals surface area contributed by atoms with Gasteiger partial charge in [0.2, 0.25) is 17.7 Å². The number of anilines is 1. The van der Waals surface area contributed by atoms with Crippen molar-refractivity contribution in [3.8, 4) is 0 Å². The number of nitrogens with one attached hydrogen (secondary N) is 2. The van der Waals surface area contributed by atoms with Gasteiger partial charge in [-0.15, -0.1) is 0 Å². The third kappa shape index (κ3) is 7.10. The SMILES string of the molecule is CC(C)Cc1c(C(C)c2c(F)cc(N3CCC(CN4CCC(C(=O)N5Cc6cc7c(cc6C5)C(=O)N(C5CCC(=O)NC5=O)C7=O)CC4)C3)cc2F)[nH]c2ccccc12. The minimum atomic E-state index is -1.02. The second-order valence-electron chi connectivity index (χ2n) is 17.7. The summed E-state index contributed by atoms with van der Waals surface area (Å²) in [6.45, 7) is 10.7. The quantitative estimate of drug-likeness (QED) is 0.191. The Morgan fingerprint density at radius 2 is 1.51 bits per heavy atom. The number of amides is 5. The Morgan fingerprint density at radius 1 is 0.847 bits per heavy atom. The lowest BCUT2D eigenvalue weighted by Gasteiger charge is -2.34. The molecular weight excluding hydrogens is 755 g/mol. The number of imide groups is 2. The van der Waals surface area contributed by atoms with Gasteiger partial charge in [-0.1, -0.05) is 39.0 Å². The molecule has 3 saturated heterocycles. The summed E-state index contributed by atoms with van der Waals surface area (Å²) in [5, 5.41) is 3.32. The predicted octanol–water partition coefficient (Wildman–Crippen LogP) is 6.28. The van der Waals surface area contributed by atoms with Crippen molar-refractivity contribution in [2.75, 3.05) is 37.6 Å². The summed E-state index contributed by atoms with van der Waals surface area (Å²) < 4.78 is 31.9. The summed E-state index contributed by atoms with van der Waals surface area (Å²) in [6, 6.07) is 13.4. The number of para-hydroxylation sites is 1. The maximum absolute atomic E-state index is 15.9. The van der Waals surface area contributed by atoms with Crippen molar-refractivity contribution in [3.05, 3.63) is 99.2 Å². The smallest absolute Gasteiger partial charge is 0.262 e. The van der Waals surface area contributed by atoms with Crippen LogP contribution in [0.3, 0.4) is 0 Å². The van der Waals surface area contributed by atoms with Crippen LogP contribution in [0, 0.1) is 29.4 Å². The molecule has 13 heteroatoms. The van der Waals surface area contributed by atoms with E-state index < -0.39 is 47.2 Å². The number of piperidine rings is 2. The van der Waals surface area contributed by atoms with Gasteiger partial charge in [-0.25, -0.2) is 8.78 Å². The van der Waals surface area contributed by atoms with E-state index in [1.165, 1.54) is 12.1 Å². The fourth-order valence-corrected chi connectivity index (χ4v) is 10.3. The molecule has 5 aliphatic rings. The highest BCUT2D eigenvalue weighted by Gasteiger charge is 2.46. The summed E-state index contributed by atoms with van der Waals surface area (Å²) in [6.07, 6.45) is 3.33. The second-order valence-corrected chi connectivity index (χ2v) is 17.7. The molecule has 5 aliphatic heterocycles. The first-order chi connectivity index (χ1) is 28.3. The van der Waals surface area contributed by atoms with Crippen molar-refractivity contribution in [1.29, 1.82) is 0 Å². The van der Waals surface area contributed by atoms with Crippen LogP contribution < -0.4 is 10.2 Å². The minimum absolute atomic E-state index is 0.0581. The first-order valence-electron chi connectivity index (χ1n) is 21.1. The van der Waals surface area contributed by atoms with Crippen molar-refractivity contribution in [3.63, 3.8) is 0 Å². The van der Waals surface area contributed by atoms with E-state index in [-0.39, 0.29) is 41.4 Å². The summed E-state index contributed by atoms with van der Waals surface area (Å²) in [7, 11) is 0. The zero-order valence-electron chi connectivity index (χ0n) is 33.8. The third-order valence-corrected chi connectivity index (χ3v) is 13.3. The van der Waals surface area contributed by atoms with Gasteiger partial charge < -0.3 is 19.7 Å². The largest absolute Gasteiger partial charge is 0.371 e. The Labute approximate surface area is 342 Å². The van der Waals surface area contributed by atoms with Crippen LogP contribution in [0.4, 0.5) is 14.5 Å². The van der Waals surface area contributed by atoms with E-state index in [4.69, 9.17) is 0 Å². The van der Waals surface area contributed by atoms with Gasteiger partial charge in [0.15, 0.2) is 0 Å². The number of benzene rings is 3. The maximum atomic E-state index is 15.9. The van der Waals surface area contributed by atoms with Crippen LogP contribution in [0.25, 0.3) is 10.9 Å². The Morgan fingerprint density at radius 3 is 2.15 bits per heavy atom. The van der Waals surface area contributed by atoms with E-state index in [1.54, 1.807) is 17.0 Å². The molecule has 3 unspecified atom stereocenters. The van der Waals surface area contributed by atoms with E-state index in [1.807, 2.05) is 25.1 Å². The summed E-state index contributed by atoms with van der Waals surface area (Å²) >= 11 is 0. The first-order valence-corrected chi connectivity index (χ1v) is 21.1. The molecule has 9 rings (SSSR count). The van der Waals surface area contributed by atoms with Gasteiger partial charge in [0.25, 0.3) is 11.8 Å². The Bertz CT molecular complexity index is 2330. The summed E-state index contributed by atoms with van der Waals surface area (Å²) in [5.41, 5.74) is 5.71. The Hall–Kier alpha value is -5.43.